The summed E-state index contributed by atoms with van der Waals surface area (Å²) in [5.74, 6) is 0. The second-order valence-electron chi connectivity index (χ2n) is 5.77. The highest BCUT2D eigenvalue weighted by Gasteiger charge is 2.41. The van der Waals surface area contributed by atoms with E-state index in [1.807, 2.05) is 0 Å². The van der Waals surface area contributed by atoms with Crippen LogP contribution >= 0.6 is 0 Å². The lowest BCUT2D eigenvalue weighted by molar-refractivity contribution is 0.280. The lowest BCUT2D eigenvalue weighted by atomic mass is 10.1. The van der Waals surface area contributed by atoms with Gasteiger partial charge < -0.3 is 9.80 Å². The third-order valence-corrected chi connectivity index (χ3v) is 4.45. The molecule has 2 fully saturated rings. The van der Waals surface area contributed by atoms with Crippen LogP contribution in [-0.4, -0.2) is 36.0 Å². The molecule has 3 rings (SSSR count). The minimum Gasteiger partial charge on any atom is -0.369 e. The average molecular weight is 268 g/mol. The molecule has 0 aromatic carbocycles. The Bertz CT molecular complexity index is 486. The molecule has 2 heterocycles. The van der Waals surface area contributed by atoms with E-state index in [1.54, 1.807) is 0 Å². The molecule has 0 atom stereocenters. The van der Waals surface area contributed by atoms with Crippen molar-refractivity contribution in [3.8, 4) is 12.1 Å². The number of nitrogens with zero attached hydrogens (tertiary/aromatic N) is 4. The SMILES string of the molecule is N#CC(C#N)=C1C(N2CCCCC2)=C1N1CCCCC1. The van der Waals surface area contributed by atoms with Crippen molar-refractivity contribution in [3.05, 3.63) is 22.5 Å². The highest BCUT2D eigenvalue weighted by atomic mass is 15.3. The van der Waals surface area contributed by atoms with Crippen LogP contribution in [0.3, 0.4) is 0 Å². The summed E-state index contributed by atoms with van der Waals surface area (Å²) >= 11 is 0. The summed E-state index contributed by atoms with van der Waals surface area (Å²) in [7, 11) is 0. The van der Waals surface area contributed by atoms with Crippen LogP contribution in [0.25, 0.3) is 0 Å². The Labute approximate surface area is 120 Å². The van der Waals surface area contributed by atoms with Crippen LogP contribution in [0.15, 0.2) is 22.5 Å². The van der Waals surface area contributed by atoms with E-state index in [9.17, 15) is 10.5 Å². The first-order chi connectivity index (χ1) is 9.86. The molecule has 0 saturated carbocycles. The second kappa shape index (κ2) is 5.59. The van der Waals surface area contributed by atoms with Gasteiger partial charge in [0.05, 0.1) is 17.0 Å². The van der Waals surface area contributed by atoms with Gasteiger partial charge in [0, 0.05) is 26.2 Å². The molecule has 0 unspecified atom stereocenters. The lowest BCUT2D eigenvalue weighted by Gasteiger charge is -2.27. The van der Waals surface area contributed by atoms with E-state index in [0.29, 0.717) is 5.57 Å². The highest BCUT2D eigenvalue weighted by molar-refractivity contribution is 5.71. The van der Waals surface area contributed by atoms with Crippen LogP contribution in [0.1, 0.15) is 38.5 Å². The number of hydrogen-bond acceptors (Lipinski definition) is 4. The summed E-state index contributed by atoms with van der Waals surface area (Å²) < 4.78 is 0. The quantitative estimate of drug-likeness (QED) is 0.722. The molecule has 0 radical (unpaired) electrons. The molecule has 1 aliphatic carbocycles. The van der Waals surface area contributed by atoms with E-state index in [-0.39, 0.29) is 0 Å². The van der Waals surface area contributed by atoms with Crippen LogP contribution < -0.4 is 0 Å². The van der Waals surface area contributed by atoms with Gasteiger partial charge in [0.2, 0.25) is 0 Å². The van der Waals surface area contributed by atoms with Crippen molar-refractivity contribution in [1.29, 1.82) is 10.5 Å². The third-order valence-electron chi connectivity index (χ3n) is 4.45. The van der Waals surface area contributed by atoms with Crippen molar-refractivity contribution in [2.75, 3.05) is 26.2 Å². The molecule has 2 saturated heterocycles. The molecule has 2 aliphatic heterocycles. The Kier molecular flexibility index (Phi) is 3.65. The molecule has 3 aliphatic rings. The lowest BCUT2D eigenvalue weighted by Crippen LogP contribution is -2.28. The molecule has 0 N–H and O–H groups in total. The first kappa shape index (κ1) is 13.1. The van der Waals surface area contributed by atoms with Crippen molar-refractivity contribution in [1.82, 2.24) is 9.80 Å². The van der Waals surface area contributed by atoms with Gasteiger partial charge >= 0.3 is 0 Å². The van der Waals surface area contributed by atoms with Crippen LogP contribution in [0, 0.1) is 22.7 Å². The molecule has 4 heteroatoms. The zero-order valence-electron chi connectivity index (χ0n) is 11.9. The van der Waals surface area contributed by atoms with E-state index in [2.05, 4.69) is 21.9 Å². The molecule has 0 spiro atoms. The Morgan fingerprint density at radius 1 is 0.700 bits per heavy atom. The predicted octanol–water partition coefficient (Wildman–Crippen LogP) is 2.53. The molecule has 0 amide bonds. The Morgan fingerprint density at radius 2 is 1.10 bits per heavy atom. The number of allylic oxidation sites excluding steroid dienone is 3. The molecular formula is C16H20N4. The fraction of sp³-hybridized carbons (Fsp3) is 0.625. The van der Waals surface area contributed by atoms with Crippen LogP contribution in [0.5, 0.6) is 0 Å². The van der Waals surface area contributed by atoms with Gasteiger partial charge in [0.15, 0.2) is 0 Å². The van der Waals surface area contributed by atoms with Gasteiger partial charge in [-0.15, -0.1) is 0 Å². The molecule has 0 bridgehead atoms. The standard InChI is InChI=1S/C16H20N4/c17-11-13(12-18)14-15(19-7-3-1-4-8-19)16(14)20-9-5-2-6-10-20/h1-10H2. The van der Waals surface area contributed by atoms with E-state index in [1.165, 1.54) is 49.9 Å². The molecule has 104 valence electrons. The van der Waals surface area contributed by atoms with E-state index < -0.39 is 0 Å². The molecule has 0 aromatic rings. The first-order valence-electron chi connectivity index (χ1n) is 7.66. The van der Waals surface area contributed by atoms with Gasteiger partial charge in [-0.3, -0.25) is 0 Å². The van der Waals surface area contributed by atoms with Crippen molar-refractivity contribution >= 4 is 0 Å². The number of rotatable bonds is 2. The zero-order valence-corrected chi connectivity index (χ0v) is 11.9. The fourth-order valence-corrected chi connectivity index (χ4v) is 3.39. The normalized spacial score (nSPS) is 22.4. The minimum absolute atomic E-state index is 0.297. The van der Waals surface area contributed by atoms with Gasteiger partial charge in [-0.2, -0.15) is 10.5 Å². The van der Waals surface area contributed by atoms with Crippen molar-refractivity contribution in [2.24, 2.45) is 0 Å². The van der Waals surface area contributed by atoms with Gasteiger partial charge in [-0.25, -0.2) is 0 Å². The third kappa shape index (κ3) is 2.27. The molecule has 20 heavy (non-hydrogen) atoms. The number of nitriles is 2. The van der Waals surface area contributed by atoms with Crippen LogP contribution in [0.2, 0.25) is 0 Å². The number of hydrogen-bond donors (Lipinski definition) is 0. The van der Waals surface area contributed by atoms with Crippen LogP contribution in [-0.2, 0) is 0 Å². The minimum atomic E-state index is 0.297. The summed E-state index contributed by atoms with van der Waals surface area (Å²) in [6, 6.07) is 4.15. The van der Waals surface area contributed by atoms with Crippen molar-refractivity contribution in [3.63, 3.8) is 0 Å². The maximum Gasteiger partial charge on any atom is 0.141 e. The predicted molar refractivity (Wildman–Crippen MR) is 76.1 cm³/mol. The molecule has 4 nitrogen and oxygen atoms in total. The van der Waals surface area contributed by atoms with E-state index in [0.717, 1.165) is 31.8 Å². The maximum absolute atomic E-state index is 9.17. The van der Waals surface area contributed by atoms with Gasteiger partial charge in [0.25, 0.3) is 0 Å². The summed E-state index contributed by atoms with van der Waals surface area (Å²) in [5.41, 5.74) is 3.64. The highest BCUT2D eigenvalue weighted by Crippen LogP contribution is 2.46. The van der Waals surface area contributed by atoms with Gasteiger partial charge in [-0.1, -0.05) is 0 Å². The largest absolute Gasteiger partial charge is 0.369 e. The van der Waals surface area contributed by atoms with E-state index >= 15 is 0 Å². The summed E-state index contributed by atoms with van der Waals surface area (Å²) in [5, 5.41) is 18.3. The average Bonchev–Trinajstić information content (AvgIpc) is 3.26. The molecular weight excluding hydrogens is 248 g/mol. The Balaban J connectivity index is 1.88. The Morgan fingerprint density at radius 3 is 1.45 bits per heavy atom. The zero-order chi connectivity index (χ0) is 13.9. The Hall–Kier alpha value is -1.94. The number of likely N-dealkylation sites (tertiary alicyclic amines) is 2. The van der Waals surface area contributed by atoms with Crippen LogP contribution in [0.4, 0.5) is 0 Å². The summed E-state index contributed by atoms with van der Waals surface area (Å²) in [4.78, 5) is 4.77. The van der Waals surface area contributed by atoms with E-state index in [4.69, 9.17) is 0 Å². The number of piperidine rings is 2. The summed E-state index contributed by atoms with van der Waals surface area (Å²) in [6.07, 6.45) is 7.48. The first-order valence-corrected chi connectivity index (χ1v) is 7.66. The van der Waals surface area contributed by atoms with Crippen molar-refractivity contribution < 1.29 is 0 Å². The van der Waals surface area contributed by atoms with Gasteiger partial charge in [-0.05, 0) is 38.5 Å². The molecule has 0 aromatic heterocycles. The monoisotopic (exact) mass is 268 g/mol. The summed E-state index contributed by atoms with van der Waals surface area (Å²) in [6.45, 7) is 4.28. The second-order valence-corrected chi connectivity index (χ2v) is 5.77. The van der Waals surface area contributed by atoms with Crippen molar-refractivity contribution in [2.45, 2.75) is 38.5 Å². The van der Waals surface area contributed by atoms with Gasteiger partial charge in [0.1, 0.15) is 17.7 Å². The maximum atomic E-state index is 9.17. The fourth-order valence-electron chi connectivity index (χ4n) is 3.39. The smallest absolute Gasteiger partial charge is 0.141 e. The topological polar surface area (TPSA) is 54.1 Å².